The maximum absolute atomic E-state index is 4.34. The van der Waals surface area contributed by atoms with Gasteiger partial charge in [0.1, 0.15) is 4.60 Å². The molecule has 0 atom stereocenters. The normalized spacial score (nSPS) is 11.5. The third-order valence-corrected chi connectivity index (χ3v) is 2.68. The molecule has 3 heteroatoms. The fourth-order valence-corrected chi connectivity index (χ4v) is 1.69. The van der Waals surface area contributed by atoms with Crippen molar-refractivity contribution in [1.82, 2.24) is 4.98 Å². The SMILES string of the molecule is Cc1nc(Br)ccc1NCCC(C)(C)C. The second kappa shape index (κ2) is 4.97. The van der Waals surface area contributed by atoms with Crippen molar-refractivity contribution in [1.29, 1.82) is 0 Å². The summed E-state index contributed by atoms with van der Waals surface area (Å²) in [7, 11) is 0. The van der Waals surface area contributed by atoms with Crippen LogP contribution in [0.1, 0.15) is 32.9 Å². The lowest BCUT2D eigenvalue weighted by Gasteiger charge is -2.19. The van der Waals surface area contributed by atoms with E-state index in [9.17, 15) is 0 Å². The van der Waals surface area contributed by atoms with E-state index in [-0.39, 0.29) is 0 Å². The Labute approximate surface area is 101 Å². The molecule has 0 aliphatic rings. The minimum absolute atomic E-state index is 0.379. The van der Waals surface area contributed by atoms with E-state index in [2.05, 4.69) is 53.1 Å². The highest BCUT2D eigenvalue weighted by atomic mass is 79.9. The quantitative estimate of drug-likeness (QED) is 0.840. The monoisotopic (exact) mass is 270 g/mol. The molecule has 1 heterocycles. The van der Waals surface area contributed by atoms with Crippen LogP contribution in [-0.4, -0.2) is 11.5 Å². The highest BCUT2D eigenvalue weighted by Crippen LogP contribution is 2.20. The van der Waals surface area contributed by atoms with E-state index >= 15 is 0 Å². The van der Waals surface area contributed by atoms with Crippen LogP contribution in [0.25, 0.3) is 0 Å². The first-order chi connectivity index (χ1) is 6.88. The van der Waals surface area contributed by atoms with E-state index in [1.54, 1.807) is 0 Å². The highest BCUT2D eigenvalue weighted by Gasteiger charge is 2.09. The fraction of sp³-hybridized carbons (Fsp3) is 0.583. The summed E-state index contributed by atoms with van der Waals surface area (Å²) in [5.41, 5.74) is 2.55. The summed E-state index contributed by atoms with van der Waals surface area (Å²) in [5.74, 6) is 0. The van der Waals surface area contributed by atoms with E-state index in [1.807, 2.05) is 13.0 Å². The van der Waals surface area contributed by atoms with Crippen molar-refractivity contribution in [2.45, 2.75) is 34.1 Å². The van der Waals surface area contributed by atoms with E-state index in [0.29, 0.717) is 5.41 Å². The number of aryl methyl sites for hydroxylation is 1. The molecule has 1 rings (SSSR count). The van der Waals surface area contributed by atoms with Crippen LogP contribution in [0.3, 0.4) is 0 Å². The van der Waals surface area contributed by atoms with Gasteiger partial charge in [0.25, 0.3) is 0 Å². The van der Waals surface area contributed by atoms with Gasteiger partial charge in [-0.2, -0.15) is 0 Å². The van der Waals surface area contributed by atoms with Crippen molar-refractivity contribution in [3.63, 3.8) is 0 Å². The van der Waals surface area contributed by atoms with Gasteiger partial charge in [-0.3, -0.25) is 0 Å². The Morgan fingerprint density at radius 2 is 2.00 bits per heavy atom. The Balaban J connectivity index is 2.51. The fourth-order valence-electron chi connectivity index (χ4n) is 1.29. The van der Waals surface area contributed by atoms with Crippen LogP contribution in [-0.2, 0) is 0 Å². The smallest absolute Gasteiger partial charge is 0.106 e. The van der Waals surface area contributed by atoms with Crippen LogP contribution in [0.15, 0.2) is 16.7 Å². The molecule has 0 aromatic carbocycles. The Bertz CT molecular complexity index is 329. The Morgan fingerprint density at radius 3 is 2.53 bits per heavy atom. The van der Waals surface area contributed by atoms with Crippen LogP contribution in [0.5, 0.6) is 0 Å². The van der Waals surface area contributed by atoms with Gasteiger partial charge in [-0.15, -0.1) is 0 Å². The van der Waals surface area contributed by atoms with Crippen molar-refractivity contribution in [3.8, 4) is 0 Å². The average molecular weight is 271 g/mol. The zero-order valence-electron chi connectivity index (χ0n) is 9.89. The summed E-state index contributed by atoms with van der Waals surface area (Å²) < 4.78 is 0.890. The van der Waals surface area contributed by atoms with E-state index < -0.39 is 0 Å². The largest absolute Gasteiger partial charge is 0.384 e. The Hall–Kier alpha value is -0.570. The predicted octanol–water partition coefficient (Wildman–Crippen LogP) is 4.00. The molecule has 0 spiro atoms. The molecule has 15 heavy (non-hydrogen) atoms. The van der Waals surface area contributed by atoms with Gasteiger partial charge in [-0.25, -0.2) is 4.98 Å². The molecule has 84 valence electrons. The Kier molecular flexibility index (Phi) is 4.14. The number of halogens is 1. The second-order valence-electron chi connectivity index (χ2n) is 5.00. The first-order valence-corrected chi connectivity index (χ1v) is 6.05. The lowest BCUT2D eigenvalue weighted by molar-refractivity contribution is 0.390. The van der Waals surface area contributed by atoms with Gasteiger partial charge in [0.05, 0.1) is 11.4 Å². The minimum Gasteiger partial charge on any atom is -0.384 e. The molecule has 1 aromatic heterocycles. The van der Waals surface area contributed by atoms with Crippen LogP contribution < -0.4 is 5.32 Å². The van der Waals surface area contributed by atoms with Gasteiger partial charge in [0.2, 0.25) is 0 Å². The number of pyridine rings is 1. The van der Waals surface area contributed by atoms with Gasteiger partial charge < -0.3 is 5.32 Å². The number of rotatable bonds is 3. The molecular weight excluding hydrogens is 252 g/mol. The first kappa shape index (κ1) is 12.5. The topological polar surface area (TPSA) is 24.9 Å². The predicted molar refractivity (Wildman–Crippen MR) is 69.2 cm³/mol. The van der Waals surface area contributed by atoms with Gasteiger partial charge >= 0.3 is 0 Å². The highest BCUT2D eigenvalue weighted by molar-refractivity contribution is 9.10. The third kappa shape index (κ3) is 4.65. The van der Waals surface area contributed by atoms with Gasteiger partial charge in [-0.1, -0.05) is 20.8 Å². The molecular formula is C12H19BrN2. The van der Waals surface area contributed by atoms with Crippen molar-refractivity contribution in [2.24, 2.45) is 5.41 Å². The molecule has 0 unspecified atom stereocenters. The molecule has 0 saturated carbocycles. The molecule has 1 aromatic rings. The molecule has 0 saturated heterocycles. The summed E-state index contributed by atoms with van der Waals surface area (Å²) in [6.45, 7) is 9.77. The maximum atomic E-state index is 4.34. The molecule has 0 amide bonds. The van der Waals surface area contributed by atoms with Crippen molar-refractivity contribution >= 4 is 21.6 Å². The van der Waals surface area contributed by atoms with Crippen LogP contribution in [0.2, 0.25) is 0 Å². The van der Waals surface area contributed by atoms with Crippen LogP contribution in [0.4, 0.5) is 5.69 Å². The molecule has 0 radical (unpaired) electrons. The summed E-state index contributed by atoms with van der Waals surface area (Å²) in [6, 6.07) is 4.03. The average Bonchev–Trinajstić information content (AvgIpc) is 2.07. The van der Waals surface area contributed by atoms with Crippen molar-refractivity contribution < 1.29 is 0 Å². The second-order valence-corrected chi connectivity index (χ2v) is 5.82. The summed E-state index contributed by atoms with van der Waals surface area (Å²) in [5, 5.41) is 3.41. The molecule has 0 aliphatic heterocycles. The molecule has 0 bridgehead atoms. The number of aromatic nitrogens is 1. The van der Waals surface area contributed by atoms with Gasteiger partial charge in [0, 0.05) is 6.54 Å². The van der Waals surface area contributed by atoms with Crippen molar-refractivity contribution in [2.75, 3.05) is 11.9 Å². The number of hydrogen-bond donors (Lipinski definition) is 1. The molecule has 1 N–H and O–H groups in total. The summed E-state index contributed by atoms with van der Waals surface area (Å²) in [6.07, 6.45) is 1.16. The van der Waals surface area contributed by atoms with E-state index in [1.165, 1.54) is 0 Å². The van der Waals surface area contributed by atoms with E-state index in [4.69, 9.17) is 0 Å². The molecule has 2 nitrogen and oxygen atoms in total. The lowest BCUT2D eigenvalue weighted by Crippen LogP contribution is -2.13. The van der Waals surface area contributed by atoms with Crippen LogP contribution in [0, 0.1) is 12.3 Å². The first-order valence-electron chi connectivity index (χ1n) is 5.25. The maximum Gasteiger partial charge on any atom is 0.106 e. The third-order valence-electron chi connectivity index (χ3n) is 2.24. The zero-order chi connectivity index (χ0) is 11.5. The van der Waals surface area contributed by atoms with Gasteiger partial charge in [0.15, 0.2) is 0 Å². The molecule has 0 fully saturated rings. The minimum atomic E-state index is 0.379. The molecule has 0 aliphatic carbocycles. The van der Waals surface area contributed by atoms with E-state index in [0.717, 1.165) is 29.0 Å². The summed E-state index contributed by atoms with van der Waals surface area (Å²) >= 11 is 3.36. The number of anilines is 1. The number of nitrogens with one attached hydrogen (secondary N) is 1. The standard InChI is InChI=1S/C12H19BrN2/c1-9-10(5-6-11(13)15-9)14-8-7-12(2,3)4/h5-6,14H,7-8H2,1-4H3. The zero-order valence-corrected chi connectivity index (χ0v) is 11.5. The van der Waals surface area contributed by atoms with Crippen LogP contribution >= 0.6 is 15.9 Å². The number of hydrogen-bond acceptors (Lipinski definition) is 2. The number of nitrogens with zero attached hydrogens (tertiary/aromatic N) is 1. The van der Waals surface area contributed by atoms with Gasteiger partial charge in [-0.05, 0) is 46.8 Å². The lowest BCUT2D eigenvalue weighted by atomic mass is 9.92. The summed E-state index contributed by atoms with van der Waals surface area (Å²) in [4.78, 5) is 4.34. The Morgan fingerprint density at radius 1 is 1.33 bits per heavy atom. The van der Waals surface area contributed by atoms with Crippen molar-refractivity contribution in [3.05, 3.63) is 22.4 Å².